The van der Waals surface area contributed by atoms with Crippen molar-refractivity contribution in [2.24, 2.45) is 9.98 Å². The van der Waals surface area contributed by atoms with Crippen LogP contribution in [0.15, 0.2) is 28.2 Å². The summed E-state index contributed by atoms with van der Waals surface area (Å²) in [6.07, 6.45) is 4.56. The number of aryl methyl sites for hydroxylation is 1. The van der Waals surface area contributed by atoms with E-state index in [-0.39, 0.29) is 6.03 Å². The molecule has 0 radical (unpaired) electrons. The average molecular weight is 202 g/mol. The van der Waals surface area contributed by atoms with E-state index in [9.17, 15) is 4.79 Å². The summed E-state index contributed by atoms with van der Waals surface area (Å²) in [6.45, 7) is 2.18. The lowest BCUT2D eigenvalue weighted by molar-refractivity contribution is 0.256. The number of carbonyl (C=O) groups is 1. The lowest BCUT2D eigenvalue weighted by Gasteiger charge is -1.99. The molecule has 1 aliphatic rings. The second-order valence-electron chi connectivity index (χ2n) is 3.75. The van der Waals surface area contributed by atoms with Gasteiger partial charge in [0.05, 0.1) is 10.7 Å². The van der Waals surface area contributed by atoms with Gasteiger partial charge in [-0.15, -0.1) is 0 Å². The van der Waals surface area contributed by atoms with Crippen LogP contribution in [0.3, 0.4) is 0 Å². The van der Waals surface area contributed by atoms with Gasteiger partial charge < -0.3 is 0 Å². The zero-order chi connectivity index (χ0) is 10.7. The fourth-order valence-electron chi connectivity index (χ4n) is 1.79. The predicted molar refractivity (Wildman–Crippen MR) is 57.4 cm³/mol. The Morgan fingerprint density at radius 3 is 2.87 bits per heavy atom. The summed E-state index contributed by atoms with van der Waals surface area (Å²) < 4.78 is 0. The Labute approximate surface area is 88.6 Å². The Balaban J connectivity index is 2.28. The van der Waals surface area contributed by atoms with E-state index >= 15 is 0 Å². The minimum atomic E-state index is -0.368. The van der Waals surface area contributed by atoms with Crippen LogP contribution < -0.4 is 10.7 Å². The highest BCUT2D eigenvalue weighted by Gasteiger charge is 2.07. The minimum absolute atomic E-state index is 0.368. The summed E-state index contributed by atoms with van der Waals surface area (Å²) in [5, 5.41) is 1.52. The molecule has 1 aromatic carbocycles. The Bertz CT molecular complexity index is 491. The van der Waals surface area contributed by atoms with Gasteiger partial charge in [-0.1, -0.05) is 31.9 Å². The molecular formula is C12H14N2O. The van der Waals surface area contributed by atoms with Crippen LogP contribution in [0, 0.1) is 0 Å². The first-order valence-electron chi connectivity index (χ1n) is 5.40. The van der Waals surface area contributed by atoms with E-state index < -0.39 is 0 Å². The first kappa shape index (κ1) is 10.0. The zero-order valence-electron chi connectivity index (χ0n) is 8.86. The maximum atomic E-state index is 11.0. The van der Waals surface area contributed by atoms with Crippen LogP contribution in [0.25, 0.3) is 0 Å². The number of nitrogens with zero attached hydrogens (tertiary/aromatic N) is 2. The highest BCUT2D eigenvalue weighted by atomic mass is 16.2. The van der Waals surface area contributed by atoms with Gasteiger partial charge in [-0.25, -0.2) is 4.79 Å². The van der Waals surface area contributed by atoms with Crippen molar-refractivity contribution in [3.63, 3.8) is 0 Å². The molecular weight excluding hydrogens is 188 g/mol. The van der Waals surface area contributed by atoms with E-state index in [1.165, 1.54) is 12.8 Å². The van der Waals surface area contributed by atoms with Crippen molar-refractivity contribution in [3.05, 3.63) is 34.5 Å². The van der Waals surface area contributed by atoms with Gasteiger partial charge >= 0.3 is 6.03 Å². The van der Waals surface area contributed by atoms with Crippen LogP contribution in [0.5, 0.6) is 0 Å². The van der Waals surface area contributed by atoms with Crippen molar-refractivity contribution in [2.45, 2.75) is 32.6 Å². The van der Waals surface area contributed by atoms with Gasteiger partial charge in [-0.05, 0) is 24.5 Å². The number of urea groups is 1. The highest BCUT2D eigenvalue weighted by Crippen LogP contribution is 2.02. The Hall–Kier alpha value is -1.51. The molecule has 0 N–H and O–H groups in total. The number of rotatable bonds is 4. The summed E-state index contributed by atoms with van der Waals surface area (Å²) in [5.41, 5.74) is 1.15. The lowest BCUT2D eigenvalue weighted by Crippen LogP contribution is -2.25. The first-order valence-corrected chi connectivity index (χ1v) is 5.40. The summed E-state index contributed by atoms with van der Waals surface area (Å²) >= 11 is 0. The topological polar surface area (TPSA) is 41.8 Å². The highest BCUT2D eigenvalue weighted by molar-refractivity contribution is 5.77. The van der Waals surface area contributed by atoms with Crippen molar-refractivity contribution < 1.29 is 4.79 Å². The van der Waals surface area contributed by atoms with E-state index in [0.29, 0.717) is 0 Å². The van der Waals surface area contributed by atoms with Gasteiger partial charge in [0.15, 0.2) is 0 Å². The number of benzene rings is 1. The molecule has 78 valence electrons. The molecule has 0 aliphatic carbocycles. The number of hydrogen-bond donors (Lipinski definition) is 0. The normalized spacial score (nSPS) is 13.3. The van der Waals surface area contributed by atoms with Crippen molar-refractivity contribution in [1.82, 2.24) is 0 Å². The van der Waals surface area contributed by atoms with Crippen molar-refractivity contribution in [1.29, 1.82) is 0 Å². The van der Waals surface area contributed by atoms with Gasteiger partial charge in [0, 0.05) is 0 Å². The molecule has 1 heterocycles. The molecule has 0 atom stereocenters. The Morgan fingerprint density at radius 2 is 2.07 bits per heavy atom. The molecule has 0 saturated heterocycles. The standard InChI is InChI=1S/C12H14N2O/c1-2-3-4-6-9-7-5-8-10-11(9)14-12(15)13-10/h5,7-8H,2-4,6H2,1H3. The third-order valence-corrected chi connectivity index (χ3v) is 2.57. The van der Waals surface area contributed by atoms with Crippen molar-refractivity contribution >= 4 is 6.03 Å². The third-order valence-electron chi connectivity index (χ3n) is 2.57. The van der Waals surface area contributed by atoms with Gasteiger partial charge in [0.2, 0.25) is 0 Å². The van der Waals surface area contributed by atoms with Crippen LogP contribution in [-0.4, -0.2) is 6.03 Å². The maximum Gasteiger partial charge on any atom is 0.368 e. The Morgan fingerprint density at radius 1 is 1.20 bits per heavy atom. The van der Waals surface area contributed by atoms with Crippen LogP contribution in [0.1, 0.15) is 31.7 Å². The molecule has 0 aromatic heterocycles. The quantitative estimate of drug-likeness (QED) is 0.686. The average Bonchev–Trinajstić information content (AvgIpc) is 2.59. The number of fused-ring (bicyclic) bond motifs is 1. The molecule has 3 nitrogen and oxygen atoms in total. The molecule has 3 heteroatoms. The fraction of sp³-hybridized carbons (Fsp3) is 0.417. The van der Waals surface area contributed by atoms with E-state index in [1.807, 2.05) is 18.2 Å². The maximum absolute atomic E-state index is 11.0. The van der Waals surface area contributed by atoms with Crippen LogP contribution >= 0.6 is 0 Å². The molecule has 0 fully saturated rings. The minimum Gasteiger partial charge on any atom is -0.244 e. The third kappa shape index (κ3) is 2.12. The molecule has 15 heavy (non-hydrogen) atoms. The molecule has 0 bridgehead atoms. The van der Waals surface area contributed by atoms with Gasteiger partial charge in [0.25, 0.3) is 0 Å². The van der Waals surface area contributed by atoms with Crippen LogP contribution in [-0.2, 0) is 6.42 Å². The zero-order valence-corrected chi connectivity index (χ0v) is 8.86. The summed E-state index contributed by atoms with van der Waals surface area (Å²) in [4.78, 5) is 18.8. The molecule has 2 amide bonds. The molecule has 2 rings (SSSR count). The SMILES string of the molecule is CCCCCc1cccc2c1=NC(=O)N=2. The van der Waals surface area contributed by atoms with Gasteiger partial charge in [-0.2, -0.15) is 9.98 Å². The summed E-state index contributed by atoms with van der Waals surface area (Å²) in [7, 11) is 0. The van der Waals surface area contributed by atoms with Gasteiger partial charge in [-0.3, -0.25) is 0 Å². The lowest BCUT2D eigenvalue weighted by atomic mass is 10.1. The van der Waals surface area contributed by atoms with Crippen LogP contribution in [0.2, 0.25) is 0 Å². The van der Waals surface area contributed by atoms with Gasteiger partial charge in [0.1, 0.15) is 0 Å². The molecule has 1 aliphatic heterocycles. The number of carbonyl (C=O) groups excluding carboxylic acids is 1. The number of hydrogen-bond acceptors (Lipinski definition) is 1. The van der Waals surface area contributed by atoms with Crippen molar-refractivity contribution in [3.8, 4) is 0 Å². The van der Waals surface area contributed by atoms with E-state index in [0.717, 1.165) is 29.1 Å². The first-order chi connectivity index (χ1) is 7.31. The second kappa shape index (κ2) is 4.34. The number of unbranched alkanes of at least 4 members (excludes halogenated alkanes) is 2. The molecule has 1 aromatic rings. The summed E-state index contributed by atoms with van der Waals surface area (Å²) in [5.74, 6) is 0. The number of para-hydroxylation sites is 1. The van der Waals surface area contributed by atoms with Crippen molar-refractivity contribution in [2.75, 3.05) is 0 Å². The van der Waals surface area contributed by atoms with E-state index in [1.54, 1.807) is 0 Å². The fourth-order valence-corrected chi connectivity index (χ4v) is 1.79. The number of amides is 2. The smallest absolute Gasteiger partial charge is 0.244 e. The predicted octanol–water partition coefficient (Wildman–Crippen LogP) is 1.79. The molecule has 0 spiro atoms. The second-order valence-corrected chi connectivity index (χ2v) is 3.75. The monoisotopic (exact) mass is 202 g/mol. The molecule has 0 unspecified atom stereocenters. The largest absolute Gasteiger partial charge is 0.368 e. The van der Waals surface area contributed by atoms with E-state index in [4.69, 9.17) is 0 Å². The van der Waals surface area contributed by atoms with E-state index in [2.05, 4.69) is 16.9 Å². The Kier molecular flexibility index (Phi) is 2.90. The summed E-state index contributed by atoms with van der Waals surface area (Å²) in [6, 6.07) is 5.45. The van der Waals surface area contributed by atoms with Crippen LogP contribution in [0.4, 0.5) is 4.79 Å². The molecule has 0 saturated carbocycles.